The first kappa shape index (κ1) is 15.2. The molecule has 0 unspecified atom stereocenters. The van der Waals surface area contributed by atoms with Crippen LogP contribution in [0.3, 0.4) is 0 Å². The molecular formula is C14H26O2. The van der Waals surface area contributed by atoms with Crippen LogP contribution in [0.15, 0.2) is 12.7 Å². The second-order valence-corrected chi connectivity index (χ2v) is 4.41. The van der Waals surface area contributed by atoms with Crippen molar-refractivity contribution in [1.29, 1.82) is 0 Å². The molecule has 0 aliphatic carbocycles. The molecule has 16 heavy (non-hydrogen) atoms. The molecule has 0 radical (unpaired) electrons. The average Bonchev–Trinajstić information content (AvgIpc) is 2.21. The van der Waals surface area contributed by atoms with Gasteiger partial charge in [0.15, 0.2) is 0 Å². The van der Waals surface area contributed by atoms with Crippen LogP contribution in [0.25, 0.3) is 0 Å². The molecule has 0 spiro atoms. The van der Waals surface area contributed by atoms with Crippen molar-refractivity contribution in [2.45, 2.75) is 71.3 Å². The minimum absolute atomic E-state index is 0.0817. The van der Waals surface area contributed by atoms with E-state index >= 15 is 0 Å². The zero-order valence-electron chi connectivity index (χ0n) is 10.8. The van der Waals surface area contributed by atoms with Crippen LogP contribution in [-0.2, 0) is 9.53 Å². The number of allylic oxidation sites excluding steroid dienone is 1. The smallest absolute Gasteiger partial charge is 0.302 e. The van der Waals surface area contributed by atoms with Gasteiger partial charge >= 0.3 is 5.97 Å². The van der Waals surface area contributed by atoms with Gasteiger partial charge in [-0.05, 0) is 32.6 Å². The molecule has 0 saturated carbocycles. The Bertz CT molecular complexity index is 187. The third-order valence-corrected chi connectivity index (χ3v) is 2.64. The van der Waals surface area contributed by atoms with E-state index in [0.717, 1.165) is 19.3 Å². The maximum absolute atomic E-state index is 10.7. The third-order valence-electron chi connectivity index (χ3n) is 2.64. The first-order valence-electron chi connectivity index (χ1n) is 6.45. The van der Waals surface area contributed by atoms with Crippen molar-refractivity contribution in [3.8, 4) is 0 Å². The van der Waals surface area contributed by atoms with Crippen molar-refractivity contribution in [3.05, 3.63) is 12.7 Å². The predicted molar refractivity (Wildman–Crippen MR) is 68.4 cm³/mol. The summed E-state index contributed by atoms with van der Waals surface area (Å²) in [6.07, 6.45) is 11.8. The number of esters is 1. The van der Waals surface area contributed by atoms with Gasteiger partial charge in [-0.15, -0.1) is 6.58 Å². The lowest BCUT2D eigenvalue weighted by molar-refractivity contribution is -0.145. The van der Waals surface area contributed by atoms with Crippen molar-refractivity contribution in [1.82, 2.24) is 0 Å². The van der Waals surface area contributed by atoms with Gasteiger partial charge in [0.25, 0.3) is 0 Å². The highest BCUT2D eigenvalue weighted by Gasteiger charge is 2.04. The maximum Gasteiger partial charge on any atom is 0.302 e. The summed E-state index contributed by atoms with van der Waals surface area (Å²) >= 11 is 0. The molecule has 1 atom stereocenters. The van der Waals surface area contributed by atoms with Gasteiger partial charge in [0.1, 0.15) is 0 Å². The number of hydrogen-bond acceptors (Lipinski definition) is 2. The zero-order chi connectivity index (χ0) is 12.2. The van der Waals surface area contributed by atoms with Gasteiger partial charge in [-0.25, -0.2) is 0 Å². The Morgan fingerprint density at radius 1 is 1.19 bits per heavy atom. The fourth-order valence-corrected chi connectivity index (χ4v) is 1.77. The molecule has 0 aliphatic heterocycles. The molecular weight excluding hydrogens is 200 g/mol. The summed E-state index contributed by atoms with van der Waals surface area (Å²) in [5.41, 5.74) is 0. The summed E-state index contributed by atoms with van der Waals surface area (Å²) in [6, 6.07) is 0. The number of rotatable bonds is 10. The van der Waals surface area contributed by atoms with Crippen LogP contribution < -0.4 is 0 Å². The van der Waals surface area contributed by atoms with E-state index in [0.29, 0.717) is 0 Å². The van der Waals surface area contributed by atoms with Gasteiger partial charge in [-0.3, -0.25) is 4.79 Å². The van der Waals surface area contributed by atoms with Crippen molar-refractivity contribution in [2.24, 2.45) is 0 Å². The predicted octanol–water partition coefficient (Wildman–Crippen LogP) is 4.24. The molecule has 0 aromatic carbocycles. The van der Waals surface area contributed by atoms with Gasteiger partial charge in [-0.2, -0.15) is 0 Å². The van der Waals surface area contributed by atoms with E-state index in [1.807, 2.05) is 13.0 Å². The summed E-state index contributed by atoms with van der Waals surface area (Å²) in [4.78, 5) is 10.7. The van der Waals surface area contributed by atoms with E-state index in [1.54, 1.807) is 0 Å². The van der Waals surface area contributed by atoms with Crippen molar-refractivity contribution < 1.29 is 9.53 Å². The Labute approximate surface area is 100 Å². The van der Waals surface area contributed by atoms with Crippen molar-refractivity contribution in [3.63, 3.8) is 0 Å². The number of carbonyl (C=O) groups is 1. The molecule has 2 nitrogen and oxygen atoms in total. The monoisotopic (exact) mass is 226 g/mol. The summed E-state index contributed by atoms with van der Waals surface area (Å²) in [6.45, 7) is 7.14. The average molecular weight is 226 g/mol. The summed E-state index contributed by atoms with van der Waals surface area (Å²) in [7, 11) is 0. The van der Waals surface area contributed by atoms with Crippen LogP contribution in [0.2, 0.25) is 0 Å². The van der Waals surface area contributed by atoms with E-state index < -0.39 is 0 Å². The highest BCUT2D eigenvalue weighted by Crippen LogP contribution is 2.11. The normalized spacial score (nSPS) is 12.1. The SMILES string of the molecule is C=CCCCCCCCC[C@@H](C)OC(C)=O. The molecule has 0 aromatic heterocycles. The van der Waals surface area contributed by atoms with Crippen LogP contribution in [0, 0.1) is 0 Å². The Morgan fingerprint density at radius 2 is 1.75 bits per heavy atom. The molecule has 0 saturated heterocycles. The molecule has 2 heteroatoms. The van der Waals surface area contributed by atoms with E-state index in [2.05, 4.69) is 6.58 Å². The zero-order valence-corrected chi connectivity index (χ0v) is 10.8. The van der Waals surface area contributed by atoms with E-state index in [9.17, 15) is 4.79 Å². The fourth-order valence-electron chi connectivity index (χ4n) is 1.77. The molecule has 0 aliphatic rings. The lowest BCUT2D eigenvalue weighted by Crippen LogP contribution is -2.11. The Kier molecular flexibility index (Phi) is 10.2. The lowest BCUT2D eigenvalue weighted by Gasteiger charge is -2.10. The number of unbranched alkanes of at least 4 members (excludes halogenated alkanes) is 6. The summed E-state index contributed by atoms with van der Waals surface area (Å²) in [5.74, 6) is -0.170. The molecule has 0 fully saturated rings. The van der Waals surface area contributed by atoms with Gasteiger partial charge in [0, 0.05) is 6.92 Å². The van der Waals surface area contributed by atoms with Crippen LogP contribution in [0.1, 0.15) is 65.2 Å². The summed E-state index contributed by atoms with van der Waals surface area (Å²) < 4.78 is 5.06. The summed E-state index contributed by atoms with van der Waals surface area (Å²) in [5, 5.41) is 0. The van der Waals surface area contributed by atoms with Gasteiger partial charge in [0.2, 0.25) is 0 Å². The molecule has 0 amide bonds. The second kappa shape index (κ2) is 10.7. The Hall–Kier alpha value is -0.790. The highest BCUT2D eigenvalue weighted by molar-refractivity contribution is 5.66. The first-order valence-corrected chi connectivity index (χ1v) is 6.45. The van der Waals surface area contributed by atoms with E-state index in [1.165, 1.54) is 39.0 Å². The largest absolute Gasteiger partial charge is 0.463 e. The Morgan fingerprint density at radius 3 is 2.31 bits per heavy atom. The van der Waals surface area contributed by atoms with Crippen LogP contribution >= 0.6 is 0 Å². The van der Waals surface area contributed by atoms with Gasteiger partial charge in [0.05, 0.1) is 6.10 Å². The van der Waals surface area contributed by atoms with Crippen molar-refractivity contribution in [2.75, 3.05) is 0 Å². The minimum atomic E-state index is -0.170. The highest BCUT2D eigenvalue weighted by atomic mass is 16.5. The van der Waals surface area contributed by atoms with Crippen molar-refractivity contribution >= 4 is 5.97 Å². The van der Waals surface area contributed by atoms with E-state index in [4.69, 9.17) is 4.74 Å². The quantitative estimate of drug-likeness (QED) is 0.316. The molecule has 0 aromatic rings. The van der Waals surface area contributed by atoms with Crippen LogP contribution in [0.5, 0.6) is 0 Å². The third kappa shape index (κ3) is 11.3. The fraction of sp³-hybridized carbons (Fsp3) is 0.786. The minimum Gasteiger partial charge on any atom is -0.463 e. The standard InChI is InChI=1S/C14H26O2/c1-4-5-6-7-8-9-10-11-12-13(2)16-14(3)15/h4,13H,1,5-12H2,2-3H3/t13-/m1/s1. The second-order valence-electron chi connectivity index (χ2n) is 4.41. The number of carbonyl (C=O) groups excluding carboxylic acids is 1. The molecule has 0 rings (SSSR count). The molecule has 0 heterocycles. The number of ether oxygens (including phenoxy) is 1. The van der Waals surface area contributed by atoms with E-state index in [-0.39, 0.29) is 12.1 Å². The first-order chi connectivity index (χ1) is 7.66. The topological polar surface area (TPSA) is 26.3 Å². The van der Waals surface area contributed by atoms with Gasteiger partial charge < -0.3 is 4.74 Å². The molecule has 0 bridgehead atoms. The maximum atomic E-state index is 10.7. The number of hydrogen-bond donors (Lipinski definition) is 0. The van der Waals surface area contributed by atoms with Crippen LogP contribution in [-0.4, -0.2) is 12.1 Å². The Balaban J connectivity index is 3.14. The lowest BCUT2D eigenvalue weighted by atomic mass is 10.1. The molecule has 94 valence electrons. The molecule has 0 N–H and O–H groups in total. The van der Waals surface area contributed by atoms with Crippen LogP contribution in [0.4, 0.5) is 0 Å². The van der Waals surface area contributed by atoms with Gasteiger partial charge in [-0.1, -0.05) is 31.8 Å².